The van der Waals surface area contributed by atoms with E-state index in [2.05, 4.69) is 16.4 Å². The monoisotopic (exact) mass is 464 g/mol. The average molecular weight is 465 g/mol. The summed E-state index contributed by atoms with van der Waals surface area (Å²) in [6.07, 6.45) is 3.81. The number of nitrogens with one attached hydrogen (secondary N) is 2. The van der Waals surface area contributed by atoms with Crippen LogP contribution in [-0.4, -0.2) is 53.1 Å². The van der Waals surface area contributed by atoms with Crippen molar-refractivity contribution in [2.75, 3.05) is 0 Å². The predicted molar refractivity (Wildman–Crippen MR) is 125 cm³/mol. The van der Waals surface area contributed by atoms with Gasteiger partial charge in [-0.25, -0.2) is 0 Å². The Balaban J connectivity index is 1.99. The Bertz CT molecular complexity index is 540. The van der Waals surface area contributed by atoms with Gasteiger partial charge in [-0.3, -0.25) is 0 Å². The second-order valence-corrected chi connectivity index (χ2v) is 15.5. The van der Waals surface area contributed by atoms with Crippen molar-refractivity contribution in [3.8, 4) is 0 Å². The van der Waals surface area contributed by atoms with Crippen molar-refractivity contribution in [3.05, 3.63) is 0 Å². The molecule has 1 unspecified atom stereocenters. The molecule has 8 heteroatoms. The maximum atomic E-state index is 12.6. The number of rotatable bonds is 6. The van der Waals surface area contributed by atoms with E-state index in [0.717, 1.165) is 32.1 Å². The van der Waals surface area contributed by atoms with Crippen molar-refractivity contribution in [2.45, 2.75) is 121 Å². The van der Waals surface area contributed by atoms with Crippen LogP contribution in [0.25, 0.3) is 0 Å². The van der Waals surface area contributed by atoms with Gasteiger partial charge in [0.25, 0.3) is 0 Å². The molecule has 0 heterocycles. The number of hydrogen-bond donors (Lipinski definition) is 4. The van der Waals surface area contributed by atoms with Gasteiger partial charge in [0.2, 0.25) is 0 Å². The van der Waals surface area contributed by atoms with E-state index in [4.69, 9.17) is 0 Å². The largest absolute Gasteiger partial charge is 0.598 e. The van der Waals surface area contributed by atoms with Crippen LogP contribution in [0.2, 0.25) is 0 Å². The Morgan fingerprint density at radius 1 is 0.800 bits per heavy atom. The Hall–Kier alpha value is 0.460. The third-order valence-corrected chi connectivity index (χ3v) is 9.84. The van der Waals surface area contributed by atoms with Gasteiger partial charge in [-0.2, -0.15) is 0 Å². The van der Waals surface area contributed by atoms with Crippen molar-refractivity contribution >= 4 is 22.7 Å². The summed E-state index contributed by atoms with van der Waals surface area (Å²) < 4.78 is 31.0. The van der Waals surface area contributed by atoms with Crippen molar-refractivity contribution in [3.63, 3.8) is 0 Å². The van der Waals surface area contributed by atoms with Gasteiger partial charge in [-0.15, -0.1) is 9.44 Å². The molecule has 2 aliphatic carbocycles. The fourth-order valence-electron chi connectivity index (χ4n) is 4.64. The van der Waals surface area contributed by atoms with E-state index in [0.29, 0.717) is 6.42 Å². The van der Waals surface area contributed by atoms with Crippen molar-refractivity contribution in [1.29, 1.82) is 0 Å². The Morgan fingerprint density at radius 3 is 1.83 bits per heavy atom. The number of aliphatic hydroxyl groups excluding tert-OH is 2. The highest BCUT2D eigenvalue weighted by molar-refractivity contribution is 7.91. The third-order valence-electron chi connectivity index (χ3n) is 6.52. The molecule has 0 aromatic carbocycles. The highest BCUT2D eigenvalue weighted by Gasteiger charge is 2.41. The zero-order valence-electron chi connectivity index (χ0n) is 19.8. The summed E-state index contributed by atoms with van der Waals surface area (Å²) >= 11 is -2.26. The van der Waals surface area contributed by atoms with Crippen LogP contribution in [0.3, 0.4) is 0 Å². The van der Waals surface area contributed by atoms with Gasteiger partial charge >= 0.3 is 0 Å². The van der Waals surface area contributed by atoms with Crippen LogP contribution >= 0.6 is 0 Å². The molecule has 0 amide bonds. The van der Waals surface area contributed by atoms with E-state index in [1.165, 1.54) is 0 Å². The molecule has 0 aliphatic heterocycles. The lowest BCUT2D eigenvalue weighted by Crippen LogP contribution is -2.51. The quantitative estimate of drug-likeness (QED) is 0.450. The van der Waals surface area contributed by atoms with Gasteiger partial charge in [0.15, 0.2) is 0 Å². The van der Waals surface area contributed by atoms with Gasteiger partial charge in [0, 0.05) is 22.7 Å². The van der Waals surface area contributed by atoms with Gasteiger partial charge in [0.1, 0.15) is 9.49 Å². The fourth-order valence-corrected chi connectivity index (χ4v) is 6.36. The van der Waals surface area contributed by atoms with Gasteiger partial charge in [0.05, 0.1) is 24.3 Å². The van der Waals surface area contributed by atoms with Gasteiger partial charge in [-0.05, 0) is 97.8 Å². The molecule has 0 aromatic heterocycles. The van der Waals surface area contributed by atoms with Crippen LogP contribution in [0.5, 0.6) is 0 Å². The van der Waals surface area contributed by atoms with E-state index < -0.39 is 28.8 Å². The summed E-state index contributed by atoms with van der Waals surface area (Å²) in [6.45, 7) is 13.8. The molecule has 2 aliphatic rings. The zero-order valence-corrected chi connectivity index (χ0v) is 21.4. The van der Waals surface area contributed by atoms with Crippen LogP contribution in [0.15, 0.2) is 0 Å². The minimum absolute atomic E-state index is 0.0646. The smallest absolute Gasteiger partial charge is 0.136 e. The molecule has 6 nitrogen and oxygen atoms in total. The van der Waals surface area contributed by atoms with E-state index in [1.807, 2.05) is 41.5 Å². The van der Waals surface area contributed by atoms with Crippen LogP contribution in [0.4, 0.5) is 0 Å². The molecule has 2 fully saturated rings. The molecule has 30 heavy (non-hydrogen) atoms. The van der Waals surface area contributed by atoms with Crippen LogP contribution < -0.4 is 9.44 Å². The van der Waals surface area contributed by atoms with Gasteiger partial charge in [-0.1, -0.05) is 6.92 Å². The first-order chi connectivity index (χ1) is 13.7. The molecule has 4 N–H and O–H groups in total. The van der Waals surface area contributed by atoms with Crippen molar-refractivity contribution in [2.24, 2.45) is 17.8 Å². The summed E-state index contributed by atoms with van der Waals surface area (Å²) in [6, 6.07) is 0.232. The molecule has 0 spiro atoms. The Labute approximate surface area is 190 Å². The fraction of sp³-hybridized carbons (Fsp3) is 1.00. The SMILES string of the molecule is C[C@@H]1C[C@@H](N[S@@+]([O-])C(C)(C)C)CC(C[C@H]2C[C@@H](N[S@@+]([O-])C(C)(C)C)CC[C@@H]2O)[C@H]1O. The van der Waals surface area contributed by atoms with E-state index in [9.17, 15) is 19.3 Å². The molecule has 0 radical (unpaired) electrons. The first-order valence-electron chi connectivity index (χ1n) is 11.4. The maximum Gasteiger partial charge on any atom is 0.136 e. The molecule has 2 rings (SSSR count). The van der Waals surface area contributed by atoms with E-state index >= 15 is 0 Å². The van der Waals surface area contributed by atoms with Gasteiger partial charge < -0.3 is 19.3 Å². The predicted octanol–water partition coefficient (Wildman–Crippen LogP) is 2.79. The second kappa shape index (κ2) is 10.6. The van der Waals surface area contributed by atoms with Crippen molar-refractivity contribution < 1.29 is 19.3 Å². The summed E-state index contributed by atoms with van der Waals surface area (Å²) in [5, 5.41) is 21.5. The van der Waals surface area contributed by atoms with Crippen LogP contribution in [0.1, 0.15) is 87.0 Å². The zero-order chi connectivity index (χ0) is 22.9. The molecule has 178 valence electrons. The highest BCUT2D eigenvalue weighted by Crippen LogP contribution is 2.38. The Morgan fingerprint density at radius 2 is 1.30 bits per heavy atom. The lowest BCUT2D eigenvalue weighted by molar-refractivity contribution is -0.0191. The molecule has 0 saturated heterocycles. The summed E-state index contributed by atoms with van der Waals surface area (Å²) in [5.41, 5.74) is 0. The lowest BCUT2D eigenvalue weighted by Gasteiger charge is -2.42. The summed E-state index contributed by atoms with van der Waals surface area (Å²) in [5.74, 6) is 0.267. The molecule has 9 atom stereocenters. The third kappa shape index (κ3) is 7.51. The first-order valence-corrected chi connectivity index (χ1v) is 13.7. The normalized spacial score (nSPS) is 38.3. The maximum absolute atomic E-state index is 12.6. The van der Waals surface area contributed by atoms with Crippen LogP contribution in [-0.2, 0) is 22.7 Å². The standard InChI is InChI=1S/C22H44N2O4S2/c1-14-10-18(24-30(28)22(5,6)7)13-16(20(14)26)11-15-12-17(8-9-19(15)25)23-29(27)21(2,3)4/h14-20,23-26H,8-13H2,1-7H3/t14-,15+,16?,17+,18-,19+,20+,29+,30+/m1/s1. The molecule has 0 bridgehead atoms. The summed E-state index contributed by atoms with van der Waals surface area (Å²) in [4.78, 5) is 0. The lowest BCUT2D eigenvalue weighted by atomic mass is 9.70. The van der Waals surface area contributed by atoms with Crippen molar-refractivity contribution in [1.82, 2.24) is 9.44 Å². The Kier molecular flexibility index (Phi) is 9.43. The topological polar surface area (TPSA) is 111 Å². The molecular formula is C22H44N2O4S2. The molecule has 2 saturated carbocycles. The highest BCUT2D eigenvalue weighted by atomic mass is 32.2. The number of aliphatic hydroxyl groups is 2. The molecular weight excluding hydrogens is 420 g/mol. The average Bonchev–Trinajstić information content (AvgIpc) is 2.60. The van der Waals surface area contributed by atoms with E-state index in [-0.39, 0.29) is 45.4 Å². The number of hydrogen-bond acceptors (Lipinski definition) is 6. The first kappa shape index (κ1) is 26.7. The molecule has 0 aromatic rings. The second-order valence-electron chi connectivity index (χ2n) is 11.5. The minimum atomic E-state index is -1.14. The minimum Gasteiger partial charge on any atom is -0.598 e. The van der Waals surface area contributed by atoms with Crippen LogP contribution in [0, 0.1) is 17.8 Å². The summed E-state index contributed by atoms with van der Waals surface area (Å²) in [7, 11) is 0. The van der Waals surface area contributed by atoms with E-state index in [1.54, 1.807) is 0 Å².